The molecule has 20 heavy (non-hydrogen) atoms. The van der Waals surface area contributed by atoms with Gasteiger partial charge in [0.15, 0.2) is 0 Å². The van der Waals surface area contributed by atoms with Crippen LogP contribution in [0.1, 0.15) is 52.5 Å². The fourth-order valence-electron chi connectivity index (χ4n) is 2.99. The smallest absolute Gasteiger partial charge is 0.0271 e. The van der Waals surface area contributed by atoms with Crippen molar-refractivity contribution in [3.63, 3.8) is 0 Å². The van der Waals surface area contributed by atoms with Crippen molar-refractivity contribution in [2.45, 2.75) is 65.6 Å². The third-order valence-corrected chi connectivity index (χ3v) is 3.96. The monoisotopic (exact) mass is 277 g/mol. The Balaban J connectivity index is 2.76. The summed E-state index contributed by atoms with van der Waals surface area (Å²) in [6.45, 7) is 12.2. The number of hydrogen-bond acceptors (Lipinski definition) is 3. The number of rotatable bonds is 10. The SMILES string of the molecule is CCCC(NCC)C(CC)N(CC)Cc1ccncc1. The Hall–Kier alpha value is -0.930. The lowest BCUT2D eigenvalue weighted by molar-refractivity contribution is 0.146. The lowest BCUT2D eigenvalue weighted by Gasteiger charge is -2.36. The number of hydrogen-bond donors (Lipinski definition) is 1. The summed E-state index contributed by atoms with van der Waals surface area (Å²) in [5.41, 5.74) is 1.35. The van der Waals surface area contributed by atoms with Crippen molar-refractivity contribution >= 4 is 0 Å². The molecule has 2 unspecified atom stereocenters. The van der Waals surface area contributed by atoms with E-state index in [9.17, 15) is 0 Å². The molecule has 0 radical (unpaired) electrons. The molecule has 0 aliphatic rings. The van der Waals surface area contributed by atoms with Crippen molar-refractivity contribution in [2.75, 3.05) is 13.1 Å². The molecule has 3 nitrogen and oxygen atoms in total. The van der Waals surface area contributed by atoms with Crippen LogP contribution in [0.2, 0.25) is 0 Å². The van der Waals surface area contributed by atoms with E-state index in [0.29, 0.717) is 12.1 Å². The van der Waals surface area contributed by atoms with Crippen LogP contribution in [0.3, 0.4) is 0 Å². The molecule has 1 aromatic heterocycles. The Labute approximate surface area is 124 Å². The molecular formula is C17H31N3. The number of pyridine rings is 1. The first-order chi connectivity index (χ1) is 9.76. The van der Waals surface area contributed by atoms with E-state index < -0.39 is 0 Å². The predicted octanol–water partition coefficient (Wildman–Crippen LogP) is 3.46. The average molecular weight is 277 g/mol. The zero-order chi connectivity index (χ0) is 14.8. The molecular weight excluding hydrogens is 246 g/mol. The largest absolute Gasteiger partial charge is 0.313 e. The van der Waals surface area contributed by atoms with Gasteiger partial charge in [-0.2, -0.15) is 0 Å². The molecule has 0 fully saturated rings. The maximum absolute atomic E-state index is 4.11. The molecule has 0 amide bonds. The minimum Gasteiger partial charge on any atom is -0.313 e. The van der Waals surface area contributed by atoms with Gasteiger partial charge in [-0.1, -0.05) is 34.1 Å². The summed E-state index contributed by atoms with van der Waals surface area (Å²) in [5, 5.41) is 3.68. The summed E-state index contributed by atoms with van der Waals surface area (Å²) in [6.07, 6.45) is 7.45. The fourth-order valence-corrected chi connectivity index (χ4v) is 2.99. The van der Waals surface area contributed by atoms with Crippen molar-refractivity contribution in [3.8, 4) is 0 Å². The quantitative estimate of drug-likeness (QED) is 0.710. The fraction of sp³-hybridized carbons (Fsp3) is 0.706. The molecule has 0 spiro atoms. The van der Waals surface area contributed by atoms with E-state index in [0.717, 1.165) is 19.6 Å². The molecule has 1 aromatic rings. The highest BCUT2D eigenvalue weighted by Gasteiger charge is 2.24. The summed E-state index contributed by atoms with van der Waals surface area (Å²) in [7, 11) is 0. The van der Waals surface area contributed by atoms with Gasteiger partial charge in [0.1, 0.15) is 0 Å². The van der Waals surface area contributed by atoms with E-state index in [1.807, 2.05) is 12.4 Å². The van der Waals surface area contributed by atoms with Gasteiger partial charge in [-0.05, 0) is 43.6 Å². The summed E-state index contributed by atoms with van der Waals surface area (Å²) >= 11 is 0. The summed E-state index contributed by atoms with van der Waals surface area (Å²) in [6, 6.07) is 5.44. The molecule has 1 heterocycles. The van der Waals surface area contributed by atoms with Crippen molar-refractivity contribution in [1.29, 1.82) is 0 Å². The van der Waals surface area contributed by atoms with Crippen LogP contribution in [0.15, 0.2) is 24.5 Å². The number of aromatic nitrogens is 1. The maximum atomic E-state index is 4.11. The average Bonchev–Trinajstić information content (AvgIpc) is 2.48. The lowest BCUT2D eigenvalue weighted by atomic mass is 9.98. The second-order valence-corrected chi connectivity index (χ2v) is 5.35. The van der Waals surface area contributed by atoms with Crippen molar-refractivity contribution in [1.82, 2.24) is 15.2 Å². The van der Waals surface area contributed by atoms with Gasteiger partial charge in [-0.15, -0.1) is 0 Å². The Kier molecular flexibility index (Phi) is 8.47. The van der Waals surface area contributed by atoms with Gasteiger partial charge >= 0.3 is 0 Å². The highest BCUT2D eigenvalue weighted by Crippen LogP contribution is 2.16. The van der Waals surface area contributed by atoms with Crippen molar-refractivity contribution in [3.05, 3.63) is 30.1 Å². The van der Waals surface area contributed by atoms with Gasteiger partial charge in [-0.3, -0.25) is 9.88 Å². The molecule has 2 atom stereocenters. The molecule has 0 aromatic carbocycles. The molecule has 0 saturated carbocycles. The molecule has 0 aliphatic carbocycles. The van der Waals surface area contributed by atoms with Crippen LogP contribution in [0.25, 0.3) is 0 Å². The molecule has 114 valence electrons. The minimum absolute atomic E-state index is 0.594. The van der Waals surface area contributed by atoms with Crippen LogP contribution in [0.5, 0.6) is 0 Å². The maximum Gasteiger partial charge on any atom is 0.0271 e. The van der Waals surface area contributed by atoms with E-state index in [1.54, 1.807) is 0 Å². The van der Waals surface area contributed by atoms with Gasteiger partial charge in [0.25, 0.3) is 0 Å². The van der Waals surface area contributed by atoms with Gasteiger partial charge in [0, 0.05) is 31.0 Å². The van der Waals surface area contributed by atoms with Gasteiger partial charge < -0.3 is 5.32 Å². The van der Waals surface area contributed by atoms with Crippen LogP contribution in [-0.2, 0) is 6.54 Å². The van der Waals surface area contributed by atoms with Gasteiger partial charge in [0.2, 0.25) is 0 Å². The first-order valence-electron chi connectivity index (χ1n) is 8.13. The molecule has 1 N–H and O–H groups in total. The van der Waals surface area contributed by atoms with E-state index >= 15 is 0 Å². The van der Waals surface area contributed by atoms with E-state index in [-0.39, 0.29) is 0 Å². The number of nitrogens with zero attached hydrogens (tertiary/aromatic N) is 2. The van der Waals surface area contributed by atoms with Crippen LogP contribution >= 0.6 is 0 Å². The Morgan fingerprint density at radius 1 is 1.15 bits per heavy atom. The van der Waals surface area contributed by atoms with Crippen molar-refractivity contribution < 1.29 is 0 Å². The minimum atomic E-state index is 0.594. The summed E-state index contributed by atoms with van der Waals surface area (Å²) in [5.74, 6) is 0. The molecule has 0 bridgehead atoms. The third-order valence-electron chi connectivity index (χ3n) is 3.96. The van der Waals surface area contributed by atoms with Crippen molar-refractivity contribution in [2.24, 2.45) is 0 Å². The Morgan fingerprint density at radius 2 is 1.85 bits per heavy atom. The van der Waals surface area contributed by atoms with Crippen LogP contribution < -0.4 is 5.32 Å². The molecule has 0 saturated heterocycles. The molecule has 1 rings (SSSR count). The zero-order valence-corrected chi connectivity index (χ0v) is 13.6. The Bertz CT molecular complexity index is 333. The Morgan fingerprint density at radius 3 is 2.35 bits per heavy atom. The lowest BCUT2D eigenvalue weighted by Crippen LogP contribution is -2.49. The van der Waals surface area contributed by atoms with E-state index in [4.69, 9.17) is 0 Å². The van der Waals surface area contributed by atoms with Gasteiger partial charge in [0.05, 0.1) is 0 Å². The first kappa shape index (κ1) is 17.1. The van der Waals surface area contributed by atoms with Gasteiger partial charge in [-0.25, -0.2) is 0 Å². The standard InChI is InChI=1S/C17H31N3/c1-5-9-16(19-7-3)17(6-2)20(8-4)14-15-10-12-18-13-11-15/h10-13,16-17,19H,5-9,14H2,1-4H3. The van der Waals surface area contributed by atoms with Crippen LogP contribution in [0, 0.1) is 0 Å². The summed E-state index contributed by atoms with van der Waals surface area (Å²) < 4.78 is 0. The van der Waals surface area contributed by atoms with Crippen LogP contribution in [0.4, 0.5) is 0 Å². The normalized spacial score (nSPS) is 14.4. The summed E-state index contributed by atoms with van der Waals surface area (Å²) in [4.78, 5) is 6.70. The highest BCUT2D eigenvalue weighted by molar-refractivity contribution is 5.09. The number of likely N-dealkylation sites (N-methyl/N-ethyl adjacent to an activating group) is 2. The second-order valence-electron chi connectivity index (χ2n) is 5.35. The number of nitrogens with one attached hydrogen (secondary N) is 1. The van der Waals surface area contributed by atoms with E-state index in [1.165, 1.54) is 24.8 Å². The first-order valence-corrected chi connectivity index (χ1v) is 8.13. The predicted molar refractivity (Wildman–Crippen MR) is 86.8 cm³/mol. The second kappa shape index (κ2) is 9.89. The third kappa shape index (κ3) is 5.22. The zero-order valence-electron chi connectivity index (χ0n) is 13.6. The molecule has 3 heteroatoms. The van der Waals surface area contributed by atoms with E-state index in [2.05, 4.69) is 55.0 Å². The topological polar surface area (TPSA) is 28.2 Å². The highest BCUT2D eigenvalue weighted by atomic mass is 15.2. The molecule has 0 aliphatic heterocycles. The van der Waals surface area contributed by atoms with Crippen LogP contribution in [-0.4, -0.2) is 35.1 Å².